The fourth-order valence-electron chi connectivity index (χ4n) is 3.37. The van der Waals surface area contributed by atoms with E-state index in [0.717, 1.165) is 17.5 Å². The molecule has 0 radical (unpaired) electrons. The Kier molecular flexibility index (Phi) is 6.14. The minimum Gasteiger partial charge on any atom is -0.487 e. The zero-order valence-electron chi connectivity index (χ0n) is 17.2. The monoisotopic (exact) mass is 481 g/mol. The molecule has 4 aromatic rings. The third kappa shape index (κ3) is 5.27. The van der Waals surface area contributed by atoms with Gasteiger partial charge in [-0.25, -0.2) is 4.68 Å². The van der Waals surface area contributed by atoms with E-state index in [1.807, 2.05) is 0 Å². The lowest BCUT2D eigenvalue weighted by Gasteiger charge is -2.09. The molecule has 0 saturated carbocycles. The maximum atomic E-state index is 13.5. The summed E-state index contributed by atoms with van der Waals surface area (Å²) in [5.74, 6) is -1.14. The van der Waals surface area contributed by atoms with Gasteiger partial charge in [-0.15, -0.1) is 13.2 Å². The van der Waals surface area contributed by atoms with Crippen LogP contribution in [0.25, 0.3) is 22.2 Å². The van der Waals surface area contributed by atoms with Gasteiger partial charge in [-0.1, -0.05) is 0 Å². The number of hydrogen-bond donors (Lipinski definition) is 1. The first-order valence-electron chi connectivity index (χ1n) is 9.75. The van der Waals surface area contributed by atoms with Gasteiger partial charge in [0.25, 0.3) is 0 Å². The molecule has 0 spiro atoms. The Morgan fingerprint density at radius 2 is 1.74 bits per heavy atom. The Morgan fingerprint density at radius 3 is 2.38 bits per heavy atom. The lowest BCUT2D eigenvalue weighted by Crippen LogP contribution is -2.16. The standard InChI is InChI=1S/C22H16F5N3O4/c23-21(24)30-15(9-18(28-30)13-1-4-16(5-2-13)34-22(25,26)27)12-33-17-6-3-14-7-8-29(11-20(31)32)19(14)10-17/h1-10,21H,11-12H2,(H,31,32). The number of carbonyl (C=O) groups is 1. The van der Waals surface area contributed by atoms with Gasteiger partial charge in [-0.2, -0.15) is 13.9 Å². The number of halogens is 5. The van der Waals surface area contributed by atoms with E-state index in [1.165, 1.54) is 22.8 Å². The zero-order valence-corrected chi connectivity index (χ0v) is 17.2. The summed E-state index contributed by atoms with van der Waals surface area (Å²) >= 11 is 0. The van der Waals surface area contributed by atoms with Crippen molar-refractivity contribution in [2.24, 2.45) is 0 Å². The Bertz CT molecular complexity index is 1310. The third-order valence-electron chi connectivity index (χ3n) is 4.82. The van der Waals surface area contributed by atoms with Crippen molar-refractivity contribution >= 4 is 16.9 Å². The number of benzene rings is 2. The molecule has 0 aliphatic carbocycles. The van der Waals surface area contributed by atoms with Crippen molar-refractivity contribution in [2.45, 2.75) is 26.1 Å². The number of nitrogens with zero attached hydrogens (tertiary/aromatic N) is 3. The molecule has 4 rings (SSSR count). The molecule has 0 atom stereocenters. The Labute approximate surface area is 188 Å². The van der Waals surface area contributed by atoms with Crippen LogP contribution in [-0.2, 0) is 17.9 Å². The highest BCUT2D eigenvalue weighted by Crippen LogP contribution is 2.28. The van der Waals surface area contributed by atoms with E-state index < -0.39 is 24.6 Å². The number of aromatic nitrogens is 3. The van der Waals surface area contributed by atoms with Crippen LogP contribution in [0.15, 0.2) is 60.8 Å². The number of hydrogen-bond acceptors (Lipinski definition) is 4. The maximum Gasteiger partial charge on any atom is 0.573 e. The van der Waals surface area contributed by atoms with E-state index >= 15 is 0 Å². The first-order chi connectivity index (χ1) is 16.1. The van der Waals surface area contributed by atoms with Crippen molar-refractivity contribution in [1.82, 2.24) is 14.3 Å². The second-order valence-electron chi connectivity index (χ2n) is 7.16. The summed E-state index contributed by atoms with van der Waals surface area (Å²) in [6, 6.07) is 12.7. The smallest absolute Gasteiger partial charge is 0.487 e. The Balaban J connectivity index is 1.54. The minimum absolute atomic E-state index is 0.0293. The predicted octanol–water partition coefficient (Wildman–Crippen LogP) is 5.46. The van der Waals surface area contributed by atoms with Crippen LogP contribution in [0.4, 0.5) is 22.0 Å². The van der Waals surface area contributed by atoms with Crippen LogP contribution in [0, 0.1) is 0 Å². The zero-order chi connectivity index (χ0) is 24.5. The molecule has 0 aliphatic heterocycles. The number of aliphatic carboxylic acids is 1. The average Bonchev–Trinajstić information content (AvgIpc) is 3.36. The van der Waals surface area contributed by atoms with Crippen LogP contribution < -0.4 is 9.47 Å². The number of rotatable bonds is 8. The highest BCUT2D eigenvalue weighted by Gasteiger charge is 2.31. The summed E-state index contributed by atoms with van der Waals surface area (Å²) < 4.78 is 75.4. The SMILES string of the molecule is O=C(O)Cn1ccc2ccc(OCc3cc(-c4ccc(OC(F)(F)F)cc4)nn3C(F)F)cc21. The molecule has 2 aromatic carbocycles. The molecule has 0 bridgehead atoms. The van der Waals surface area contributed by atoms with Gasteiger partial charge in [0.05, 0.1) is 16.9 Å². The Hall–Kier alpha value is -4.09. The van der Waals surface area contributed by atoms with Crippen molar-refractivity contribution < 1.29 is 41.3 Å². The number of carboxylic acids is 1. The van der Waals surface area contributed by atoms with Crippen molar-refractivity contribution in [2.75, 3.05) is 0 Å². The first kappa shape index (κ1) is 23.1. The van der Waals surface area contributed by atoms with Gasteiger partial charge < -0.3 is 19.1 Å². The maximum absolute atomic E-state index is 13.5. The van der Waals surface area contributed by atoms with E-state index in [2.05, 4.69) is 9.84 Å². The van der Waals surface area contributed by atoms with Gasteiger partial charge >= 0.3 is 18.9 Å². The van der Waals surface area contributed by atoms with Gasteiger partial charge in [-0.05, 0) is 53.9 Å². The minimum atomic E-state index is -4.85. The summed E-state index contributed by atoms with van der Waals surface area (Å²) in [5.41, 5.74) is 1.05. The molecule has 2 heterocycles. The summed E-state index contributed by atoms with van der Waals surface area (Å²) in [6.45, 7) is -3.51. The largest absolute Gasteiger partial charge is 0.573 e. The number of alkyl halides is 5. The molecule has 0 unspecified atom stereocenters. The molecule has 1 N–H and O–H groups in total. The molecular weight excluding hydrogens is 465 g/mol. The van der Waals surface area contributed by atoms with Gasteiger partial charge in [0.2, 0.25) is 0 Å². The number of ether oxygens (including phenoxy) is 2. The summed E-state index contributed by atoms with van der Waals surface area (Å²) in [6.07, 6.45) is -3.23. The quantitative estimate of drug-likeness (QED) is 0.338. The highest BCUT2D eigenvalue weighted by molar-refractivity contribution is 5.83. The van der Waals surface area contributed by atoms with Crippen molar-refractivity contribution in [3.8, 4) is 22.8 Å². The second-order valence-corrected chi connectivity index (χ2v) is 7.16. The average molecular weight is 481 g/mol. The molecule has 34 heavy (non-hydrogen) atoms. The molecule has 12 heteroatoms. The Morgan fingerprint density at radius 1 is 1.03 bits per heavy atom. The van der Waals surface area contributed by atoms with Gasteiger partial charge in [-0.3, -0.25) is 4.79 Å². The van der Waals surface area contributed by atoms with E-state index in [-0.39, 0.29) is 24.5 Å². The molecule has 7 nitrogen and oxygen atoms in total. The molecule has 0 amide bonds. The summed E-state index contributed by atoms with van der Waals surface area (Å²) in [7, 11) is 0. The van der Waals surface area contributed by atoms with Crippen LogP contribution in [-0.4, -0.2) is 31.8 Å². The fourth-order valence-corrected chi connectivity index (χ4v) is 3.37. The molecule has 2 aromatic heterocycles. The number of carboxylic acid groups (broad SMARTS) is 1. The topological polar surface area (TPSA) is 78.5 Å². The van der Waals surface area contributed by atoms with Gasteiger partial charge in [0, 0.05) is 17.8 Å². The third-order valence-corrected chi connectivity index (χ3v) is 4.82. The van der Waals surface area contributed by atoms with Crippen LogP contribution in [0.1, 0.15) is 12.2 Å². The normalized spacial score (nSPS) is 11.8. The molecule has 0 saturated heterocycles. The van der Waals surface area contributed by atoms with Gasteiger partial charge in [0.1, 0.15) is 24.7 Å². The van der Waals surface area contributed by atoms with Crippen LogP contribution in [0.3, 0.4) is 0 Å². The molecule has 0 fully saturated rings. The van der Waals surface area contributed by atoms with Crippen molar-refractivity contribution in [3.63, 3.8) is 0 Å². The first-order valence-corrected chi connectivity index (χ1v) is 9.75. The van der Waals surface area contributed by atoms with E-state index in [1.54, 1.807) is 30.5 Å². The van der Waals surface area contributed by atoms with Crippen molar-refractivity contribution in [3.05, 3.63) is 66.5 Å². The predicted molar refractivity (Wildman–Crippen MR) is 110 cm³/mol. The van der Waals surface area contributed by atoms with Crippen LogP contribution >= 0.6 is 0 Å². The highest BCUT2D eigenvalue weighted by atomic mass is 19.4. The van der Waals surface area contributed by atoms with E-state index in [4.69, 9.17) is 9.84 Å². The van der Waals surface area contributed by atoms with E-state index in [0.29, 0.717) is 21.5 Å². The summed E-state index contributed by atoms with van der Waals surface area (Å²) in [4.78, 5) is 11.0. The van der Waals surface area contributed by atoms with Gasteiger partial charge in [0.15, 0.2) is 0 Å². The van der Waals surface area contributed by atoms with Crippen LogP contribution in [0.2, 0.25) is 0 Å². The number of fused-ring (bicyclic) bond motifs is 1. The molecule has 0 aliphatic rings. The second kappa shape index (κ2) is 9.04. The summed E-state index contributed by atoms with van der Waals surface area (Å²) in [5, 5.41) is 13.6. The van der Waals surface area contributed by atoms with Crippen molar-refractivity contribution in [1.29, 1.82) is 0 Å². The van der Waals surface area contributed by atoms with Crippen LogP contribution in [0.5, 0.6) is 11.5 Å². The molecule has 178 valence electrons. The fraction of sp³-hybridized carbons (Fsp3) is 0.182. The lowest BCUT2D eigenvalue weighted by atomic mass is 10.1. The molecular formula is C22H16F5N3O4. The lowest BCUT2D eigenvalue weighted by molar-refractivity contribution is -0.274. The van der Waals surface area contributed by atoms with E-state index in [9.17, 15) is 26.7 Å².